The third-order valence-electron chi connectivity index (χ3n) is 7.13. The number of ketones is 1. The first kappa shape index (κ1) is 31.8. The molecule has 44 heavy (non-hydrogen) atoms. The number of aliphatic carboxylic acids is 1. The van der Waals surface area contributed by atoms with Crippen molar-refractivity contribution in [3.63, 3.8) is 0 Å². The van der Waals surface area contributed by atoms with Crippen molar-refractivity contribution >= 4 is 29.0 Å². The van der Waals surface area contributed by atoms with E-state index in [9.17, 15) is 19.5 Å². The summed E-state index contributed by atoms with van der Waals surface area (Å²) < 4.78 is 11.4. The molecule has 8 nitrogen and oxygen atoms in total. The fourth-order valence-corrected chi connectivity index (χ4v) is 4.89. The number of anilines is 2. The molecule has 0 radical (unpaired) electrons. The topological polar surface area (TPSA) is 105 Å². The fourth-order valence-electron chi connectivity index (χ4n) is 4.89. The zero-order valence-electron chi connectivity index (χ0n) is 25.1. The highest BCUT2D eigenvalue weighted by Gasteiger charge is 2.22. The minimum absolute atomic E-state index is 0.0370. The molecule has 0 aromatic heterocycles. The van der Waals surface area contributed by atoms with Gasteiger partial charge in [0.15, 0.2) is 5.78 Å². The number of carboxylic acids is 1. The normalized spacial score (nSPS) is 11.3. The minimum Gasteiger partial charge on any atom is -0.495 e. The number of nitrogens with one attached hydrogen (secondary N) is 1. The van der Waals surface area contributed by atoms with E-state index < -0.39 is 12.0 Å². The lowest BCUT2D eigenvalue weighted by atomic mass is 10.00. The van der Waals surface area contributed by atoms with Crippen LogP contribution in [-0.4, -0.2) is 49.1 Å². The Bertz CT molecular complexity index is 1540. The second-order valence-electron chi connectivity index (χ2n) is 10.3. The molecule has 0 aliphatic heterocycles. The van der Waals surface area contributed by atoms with Gasteiger partial charge in [-0.25, -0.2) is 4.79 Å². The summed E-state index contributed by atoms with van der Waals surface area (Å²) in [5.74, 6) is 0.129. The highest BCUT2D eigenvalue weighted by Crippen LogP contribution is 2.29. The van der Waals surface area contributed by atoms with Crippen LogP contribution in [0.2, 0.25) is 0 Å². The van der Waals surface area contributed by atoms with Crippen LogP contribution >= 0.6 is 0 Å². The lowest BCUT2D eigenvalue weighted by Gasteiger charge is -2.24. The average molecular weight is 595 g/mol. The number of benzene rings is 4. The van der Waals surface area contributed by atoms with E-state index in [1.165, 1.54) is 0 Å². The summed E-state index contributed by atoms with van der Waals surface area (Å²) in [4.78, 5) is 39.9. The second kappa shape index (κ2) is 15.9. The Kier molecular flexibility index (Phi) is 11.5. The Morgan fingerprint density at radius 3 is 2.25 bits per heavy atom. The molecule has 4 rings (SSSR count). The predicted octanol–water partition coefficient (Wildman–Crippen LogP) is 6.64. The number of hydrogen-bond donors (Lipinski definition) is 2. The first-order valence-electron chi connectivity index (χ1n) is 14.7. The molecular formula is C36H38N2O6. The summed E-state index contributed by atoms with van der Waals surface area (Å²) >= 11 is 0. The van der Waals surface area contributed by atoms with Crippen molar-refractivity contribution < 1.29 is 29.0 Å². The highest BCUT2D eigenvalue weighted by atomic mass is 16.5. The van der Waals surface area contributed by atoms with Crippen LogP contribution in [0.25, 0.3) is 0 Å². The van der Waals surface area contributed by atoms with Gasteiger partial charge in [-0.2, -0.15) is 0 Å². The molecule has 228 valence electrons. The lowest BCUT2D eigenvalue weighted by molar-refractivity contribution is -0.137. The molecule has 2 N–H and O–H groups in total. The van der Waals surface area contributed by atoms with Crippen molar-refractivity contribution in [3.8, 4) is 11.5 Å². The summed E-state index contributed by atoms with van der Waals surface area (Å²) in [6.07, 6.45) is 2.02. The summed E-state index contributed by atoms with van der Waals surface area (Å²) in [5.41, 5.74) is 2.95. The van der Waals surface area contributed by atoms with Crippen molar-refractivity contribution in [2.24, 2.45) is 0 Å². The van der Waals surface area contributed by atoms with Crippen LogP contribution < -0.4 is 19.7 Å². The summed E-state index contributed by atoms with van der Waals surface area (Å²) in [7, 11) is 1.59. The minimum atomic E-state index is -1.02. The van der Waals surface area contributed by atoms with Crippen LogP contribution in [0, 0.1) is 0 Å². The SMILES string of the molecule is CCCC(=O)N(CCCOc1ccc(CC(Nc2ccccc2C(=O)c2ccccc2)C(=O)O)cc1)c1ccccc1OC. The Morgan fingerprint density at radius 2 is 1.55 bits per heavy atom. The molecule has 4 aromatic rings. The van der Waals surface area contributed by atoms with E-state index in [1.807, 2.05) is 49.4 Å². The molecule has 8 heteroatoms. The Balaban J connectivity index is 1.35. The summed E-state index contributed by atoms with van der Waals surface area (Å²) in [5, 5.41) is 13.0. The number of carboxylic acid groups (broad SMARTS) is 1. The molecule has 1 unspecified atom stereocenters. The quantitative estimate of drug-likeness (QED) is 0.111. The number of carbonyl (C=O) groups is 3. The first-order valence-corrected chi connectivity index (χ1v) is 14.7. The van der Waals surface area contributed by atoms with E-state index in [-0.39, 0.29) is 18.1 Å². The van der Waals surface area contributed by atoms with Gasteiger partial charge < -0.3 is 24.8 Å². The molecule has 0 bridgehead atoms. The molecule has 0 spiro atoms. The van der Waals surface area contributed by atoms with Gasteiger partial charge in [0.25, 0.3) is 0 Å². The van der Waals surface area contributed by atoms with E-state index in [4.69, 9.17) is 9.47 Å². The lowest BCUT2D eigenvalue weighted by Crippen LogP contribution is -2.32. The molecule has 1 atom stereocenters. The van der Waals surface area contributed by atoms with Gasteiger partial charge in [-0.3, -0.25) is 9.59 Å². The second-order valence-corrected chi connectivity index (χ2v) is 10.3. The molecule has 0 aliphatic carbocycles. The Morgan fingerprint density at radius 1 is 0.864 bits per heavy atom. The van der Waals surface area contributed by atoms with Gasteiger partial charge in [0.1, 0.15) is 17.5 Å². The monoisotopic (exact) mass is 594 g/mol. The predicted molar refractivity (Wildman–Crippen MR) is 172 cm³/mol. The first-order chi connectivity index (χ1) is 21.4. The van der Waals surface area contributed by atoms with Crippen molar-refractivity contribution in [1.29, 1.82) is 0 Å². The maximum Gasteiger partial charge on any atom is 0.326 e. The zero-order valence-corrected chi connectivity index (χ0v) is 25.1. The van der Waals surface area contributed by atoms with Crippen LogP contribution in [0.3, 0.4) is 0 Å². The largest absolute Gasteiger partial charge is 0.495 e. The number of carbonyl (C=O) groups excluding carboxylic acids is 2. The van der Waals surface area contributed by atoms with Crippen molar-refractivity contribution in [1.82, 2.24) is 0 Å². The van der Waals surface area contributed by atoms with E-state index in [0.717, 1.165) is 17.7 Å². The Labute approximate surface area is 258 Å². The summed E-state index contributed by atoms with van der Waals surface area (Å²) in [6.45, 7) is 2.86. The Hall–Kier alpha value is -5.11. The number of rotatable bonds is 16. The van der Waals surface area contributed by atoms with Gasteiger partial charge in [0, 0.05) is 36.2 Å². The maximum atomic E-state index is 13.1. The molecule has 0 heterocycles. The van der Waals surface area contributed by atoms with Gasteiger partial charge in [0.05, 0.1) is 19.4 Å². The molecule has 0 saturated heterocycles. The molecule has 1 amide bonds. The molecule has 0 fully saturated rings. The van der Waals surface area contributed by atoms with Gasteiger partial charge in [-0.15, -0.1) is 0 Å². The maximum absolute atomic E-state index is 13.1. The number of hydrogen-bond acceptors (Lipinski definition) is 6. The van der Waals surface area contributed by atoms with Gasteiger partial charge in [-0.1, -0.05) is 73.7 Å². The van der Waals surface area contributed by atoms with Gasteiger partial charge in [-0.05, 0) is 54.8 Å². The molecular weight excluding hydrogens is 556 g/mol. The van der Waals surface area contributed by atoms with E-state index >= 15 is 0 Å². The van der Waals surface area contributed by atoms with E-state index in [2.05, 4.69) is 5.32 Å². The summed E-state index contributed by atoms with van der Waals surface area (Å²) in [6, 6.07) is 29.6. The van der Waals surface area contributed by atoms with Crippen molar-refractivity contribution in [3.05, 3.63) is 120 Å². The third-order valence-corrected chi connectivity index (χ3v) is 7.13. The van der Waals surface area contributed by atoms with Crippen molar-refractivity contribution in [2.75, 3.05) is 30.5 Å². The van der Waals surface area contributed by atoms with Gasteiger partial charge >= 0.3 is 5.97 Å². The number of methoxy groups -OCH3 is 1. The average Bonchev–Trinajstić information content (AvgIpc) is 3.05. The smallest absolute Gasteiger partial charge is 0.326 e. The number of para-hydroxylation sites is 3. The van der Waals surface area contributed by atoms with Crippen LogP contribution in [-0.2, 0) is 16.0 Å². The van der Waals surface area contributed by atoms with Crippen LogP contribution in [0.1, 0.15) is 47.7 Å². The number of nitrogens with zero attached hydrogens (tertiary/aromatic N) is 1. The van der Waals surface area contributed by atoms with Gasteiger partial charge in [0.2, 0.25) is 5.91 Å². The van der Waals surface area contributed by atoms with Crippen molar-refractivity contribution in [2.45, 2.75) is 38.6 Å². The number of amides is 1. The highest BCUT2D eigenvalue weighted by molar-refractivity contribution is 6.12. The number of ether oxygens (including phenoxy) is 2. The third kappa shape index (κ3) is 8.47. The van der Waals surface area contributed by atoms with Crippen LogP contribution in [0.4, 0.5) is 11.4 Å². The molecule has 0 aliphatic rings. The standard InChI is InChI=1S/C36H38N2O6/c1-3-12-34(39)38(32-17-9-10-18-33(32)43-2)23-11-24-44-28-21-19-26(20-22-28)25-31(36(41)42)37-30-16-8-7-15-29(30)35(40)27-13-5-4-6-14-27/h4-10,13-22,31,37H,3,11-12,23-25H2,1-2H3,(H,41,42). The molecule has 0 saturated carbocycles. The van der Waals surface area contributed by atoms with Crippen LogP contribution in [0.5, 0.6) is 11.5 Å². The molecule has 4 aromatic carbocycles. The van der Waals surface area contributed by atoms with E-state index in [0.29, 0.717) is 54.3 Å². The zero-order chi connectivity index (χ0) is 31.3. The van der Waals surface area contributed by atoms with Crippen LogP contribution in [0.15, 0.2) is 103 Å². The van der Waals surface area contributed by atoms with E-state index in [1.54, 1.807) is 72.7 Å². The fraction of sp³-hybridized carbons (Fsp3) is 0.250.